The van der Waals surface area contributed by atoms with Crippen LogP contribution in [-0.2, 0) is 4.79 Å². The number of carbonyl (C=O) groups is 2. The summed E-state index contributed by atoms with van der Waals surface area (Å²) in [5.74, 6) is 1.19. The minimum absolute atomic E-state index is 0.146. The summed E-state index contributed by atoms with van der Waals surface area (Å²) >= 11 is 0. The van der Waals surface area contributed by atoms with Gasteiger partial charge in [-0.1, -0.05) is 6.92 Å². The number of nitrogens with zero attached hydrogens (tertiary/aromatic N) is 5. The van der Waals surface area contributed by atoms with Crippen LogP contribution in [0.4, 0.5) is 11.6 Å². The molecule has 0 spiro atoms. The van der Waals surface area contributed by atoms with E-state index in [4.69, 9.17) is 4.74 Å². The third-order valence-corrected chi connectivity index (χ3v) is 7.53. The molecule has 8 nitrogen and oxygen atoms in total. The number of carbonyl (C=O) groups excluding carboxylic acids is 2. The largest absolute Gasteiger partial charge is 0.497 e. The molecule has 3 aliphatic rings. The first-order chi connectivity index (χ1) is 16.6. The summed E-state index contributed by atoms with van der Waals surface area (Å²) in [4.78, 5) is 42.5. The maximum Gasteiger partial charge on any atom is 0.259 e. The highest BCUT2D eigenvalue weighted by molar-refractivity contribution is 6.36. The molecule has 1 aromatic carbocycles. The Kier molecular flexibility index (Phi) is 5.67. The zero-order chi connectivity index (χ0) is 25.1. The van der Waals surface area contributed by atoms with Gasteiger partial charge in [0.1, 0.15) is 5.75 Å². The van der Waals surface area contributed by atoms with Crippen molar-refractivity contribution in [3.8, 4) is 5.75 Å². The number of likely N-dealkylation sites (N-methyl/N-ethyl adjacent to an activating group) is 1. The predicted octanol–water partition coefficient (Wildman–Crippen LogP) is 3.44. The fraction of sp³-hybridized carbons (Fsp3) is 0.481. The Bertz CT molecular complexity index is 1240. The van der Waals surface area contributed by atoms with Crippen molar-refractivity contribution in [3.05, 3.63) is 46.8 Å². The van der Waals surface area contributed by atoms with Crippen molar-refractivity contribution in [2.75, 3.05) is 50.1 Å². The lowest BCUT2D eigenvalue weighted by Gasteiger charge is -2.43. The normalized spacial score (nSPS) is 22.5. The van der Waals surface area contributed by atoms with Crippen LogP contribution in [0.15, 0.2) is 24.4 Å². The van der Waals surface area contributed by atoms with Crippen molar-refractivity contribution in [1.29, 1.82) is 0 Å². The van der Waals surface area contributed by atoms with Crippen LogP contribution in [0, 0.1) is 6.92 Å². The molecule has 4 heterocycles. The monoisotopic (exact) mass is 475 g/mol. The molecular formula is C27H33N5O3. The maximum absolute atomic E-state index is 13.7. The van der Waals surface area contributed by atoms with Crippen LogP contribution in [-0.4, -0.2) is 72.4 Å². The van der Waals surface area contributed by atoms with E-state index in [0.29, 0.717) is 28.5 Å². The Balaban J connectivity index is 1.52. The molecule has 0 saturated carbocycles. The maximum atomic E-state index is 13.7. The molecular weight excluding hydrogens is 442 g/mol. The van der Waals surface area contributed by atoms with E-state index in [9.17, 15) is 9.59 Å². The molecule has 5 rings (SSSR count). The smallest absolute Gasteiger partial charge is 0.259 e. The Labute approximate surface area is 206 Å². The first kappa shape index (κ1) is 23.5. The molecule has 1 aromatic heterocycles. The molecule has 1 unspecified atom stereocenters. The second-order valence-electron chi connectivity index (χ2n) is 10.6. The number of hydrogen-bond acceptors (Lipinski definition) is 7. The summed E-state index contributed by atoms with van der Waals surface area (Å²) < 4.78 is 5.54. The average Bonchev–Trinajstić information content (AvgIpc) is 3.09. The van der Waals surface area contributed by atoms with Crippen LogP contribution in [0.2, 0.25) is 0 Å². The number of hydrogen-bond donors (Lipinski definition) is 0. The zero-order valence-corrected chi connectivity index (χ0v) is 21.4. The van der Waals surface area contributed by atoms with Gasteiger partial charge in [0.25, 0.3) is 5.91 Å². The van der Waals surface area contributed by atoms with Gasteiger partial charge in [-0.3, -0.25) is 9.59 Å². The average molecular weight is 476 g/mol. The van der Waals surface area contributed by atoms with E-state index in [2.05, 4.69) is 47.6 Å². The van der Waals surface area contributed by atoms with Crippen LogP contribution in [0.3, 0.4) is 0 Å². The lowest BCUT2D eigenvalue weighted by atomic mass is 9.80. The summed E-state index contributed by atoms with van der Waals surface area (Å²) in [6.07, 6.45) is 3.88. The van der Waals surface area contributed by atoms with Crippen LogP contribution in [0.25, 0.3) is 5.57 Å². The van der Waals surface area contributed by atoms with Crippen molar-refractivity contribution in [1.82, 2.24) is 14.9 Å². The van der Waals surface area contributed by atoms with Gasteiger partial charge in [-0.2, -0.15) is 0 Å². The van der Waals surface area contributed by atoms with E-state index in [1.807, 2.05) is 24.0 Å². The summed E-state index contributed by atoms with van der Waals surface area (Å²) in [6, 6.07) is 3.88. The number of aromatic nitrogens is 2. The van der Waals surface area contributed by atoms with Gasteiger partial charge in [-0.25, -0.2) is 9.97 Å². The van der Waals surface area contributed by atoms with Gasteiger partial charge in [-0.15, -0.1) is 0 Å². The van der Waals surface area contributed by atoms with Crippen LogP contribution < -0.4 is 14.5 Å². The van der Waals surface area contributed by atoms with Crippen molar-refractivity contribution >= 4 is 28.9 Å². The van der Waals surface area contributed by atoms with E-state index in [1.165, 1.54) is 6.08 Å². The zero-order valence-electron chi connectivity index (χ0n) is 21.4. The van der Waals surface area contributed by atoms with Gasteiger partial charge < -0.3 is 19.4 Å². The molecule has 35 heavy (non-hydrogen) atoms. The highest BCUT2D eigenvalue weighted by Gasteiger charge is 2.47. The number of piperazine rings is 1. The molecule has 0 radical (unpaired) electrons. The molecule has 2 aromatic rings. The molecule has 0 bridgehead atoms. The van der Waals surface area contributed by atoms with E-state index < -0.39 is 0 Å². The Morgan fingerprint density at radius 2 is 1.91 bits per heavy atom. The third-order valence-electron chi connectivity index (χ3n) is 7.53. The van der Waals surface area contributed by atoms with Gasteiger partial charge in [0.2, 0.25) is 5.95 Å². The van der Waals surface area contributed by atoms with E-state index in [0.717, 1.165) is 49.4 Å². The molecule has 1 fully saturated rings. The second-order valence-corrected chi connectivity index (χ2v) is 10.6. The van der Waals surface area contributed by atoms with E-state index in [1.54, 1.807) is 13.3 Å². The Hall–Kier alpha value is -3.26. The van der Waals surface area contributed by atoms with Gasteiger partial charge in [0, 0.05) is 43.5 Å². The fourth-order valence-electron chi connectivity index (χ4n) is 5.65. The number of ether oxygens (including phenoxy) is 1. The molecule has 3 aliphatic heterocycles. The Morgan fingerprint density at radius 3 is 2.57 bits per heavy atom. The van der Waals surface area contributed by atoms with Gasteiger partial charge in [0.05, 0.1) is 29.6 Å². The third kappa shape index (κ3) is 3.89. The van der Waals surface area contributed by atoms with Crippen LogP contribution in [0.5, 0.6) is 5.75 Å². The lowest BCUT2D eigenvalue weighted by molar-refractivity contribution is -0.114. The van der Waals surface area contributed by atoms with Crippen LogP contribution >= 0.6 is 0 Å². The number of benzene rings is 1. The number of rotatable bonds is 4. The van der Waals surface area contributed by atoms with Crippen molar-refractivity contribution in [2.24, 2.45) is 0 Å². The van der Waals surface area contributed by atoms with E-state index in [-0.39, 0.29) is 23.1 Å². The molecule has 0 aliphatic carbocycles. The summed E-state index contributed by atoms with van der Waals surface area (Å²) in [6.45, 7) is 11.8. The van der Waals surface area contributed by atoms with Crippen LogP contribution in [0.1, 0.15) is 60.3 Å². The quantitative estimate of drug-likeness (QED) is 0.495. The number of methoxy groups -OCH3 is 1. The fourth-order valence-corrected chi connectivity index (χ4v) is 5.65. The molecule has 0 N–H and O–H groups in total. The van der Waals surface area contributed by atoms with E-state index >= 15 is 0 Å². The lowest BCUT2D eigenvalue weighted by Crippen LogP contribution is -2.49. The number of aryl methyl sites for hydroxylation is 1. The first-order valence-electron chi connectivity index (χ1n) is 12.2. The predicted molar refractivity (Wildman–Crippen MR) is 136 cm³/mol. The highest BCUT2D eigenvalue weighted by Crippen LogP contribution is 2.53. The molecule has 1 atom stereocenters. The standard InChI is InChI=1S/C27H33N5O3/c1-16-14-27(3,4)32-24-19(16)11-18(35-6)12-20(24)21(25(32)34)13-23(33)22-15-28-26(29-17(22)2)31-9-7-30(5)8-10-31/h11-13,15-16H,7-10,14H2,1-6H3. The second kappa shape index (κ2) is 8.45. The van der Waals surface area contributed by atoms with Gasteiger partial charge in [-0.05, 0) is 63.9 Å². The molecule has 8 heteroatoms. The van der Waals surface area contributed by atoms with Crippen molar-refractivity contribution in [2.45, 2.75) is 45.6 Å². The summed E-state index contributed by atoms with van der Waals surface area (Å²) in [5, 5.41) is 0. The number of amides is 1. The highest BCUT2D eigenvalue weighted by atomic mass is 16.5. The minimum atomic E-state index is -0.353. The molecule has 1 amide bonds. The summed E-state index contributed by atoms with van der Waals surface area (Å²) in [7, 11) is 3.72. The first-order valence-corrected chi connectivity index (χ1v) is 12.2. The van der Waals surface area contributed by atoms with Gasteiger partial charge >= 0.3 is 0 Å². The minimum Gasteiger partial charge on any atom is -0.497 e. The molecule has 184 valence electrons. The number of ketones is 1. The number of anilines is 2. The van der Waals surface area contributed by atoms with Crippen molar-refractivity contribution < 1.29 is 14.3 Å². The number of allylic oxidation sites excluding steroid dienone is 1. The van der Waals surface area contributed by atoms with Gasteiger partial charge in [0.15, 0.2) is 5.78 Å². The van der Waals surface area contributed by atoms with Crippen molar-refractivity contribution in [3.63, 3.8) is 0 Å². The summed E-state index contributed by atoms with van der Waals surface area (Å²) in [5.41, 5.74) is 3.81. The SMILES string of the molecule is COc1cc2c3c(c1)C(C)CC(C)(C)N3C(=O)C2=CC(=O)c1cnc(N2CCN(C)CC2)nc1C. The topological polar surface area (TPSA) is 78.9 Å². The Morgan fingerprint density at radius 1 is 1.20 bits per heavy atom. The molecule has 1 saturated heterocycles.